The van der Waals surface area contributed by atoms with Gasteiger partial charge in [-0.2, -0.15) is 0 Å². The van der Waals surface area contributed by atoms with Crippen LogP contribution in [0.3, 0.4) is 0 Å². The van der Waals surface area contributed by atoms with Gasteiger partial charge in [-0.3, -0.25) is 9.69 Å². The average Bonchev–Trinajstić information content (AvgIpc) is 2.79. The summed E-state index contributed by atoms with van der Waals surface area (Å²) in [5.74, 6) is 0.368. The average molecular weight is 404 g/mol. The van der Waals surface area contributed by atoms with Crippen molar-refractivity contribution in [3.8, 4) is 17.2 Å². The number of hydrogen-bond acceptors (Lipinski definition) is 5. The smallest absolute Gasteiger partial charge is 0.262 e. The molecule has 154 valence electrons. The fraction of sp³-hybridized carbons (Fsp3) is 0.208. The summed E-state index contributed by atoms with van der Waals surface area (Å²) < 4.78 is 10.7. The molecule has 6 nitrogen and oxygen atoms in total. The summed E-state index contributed by atoms with van der Waals surface area (Å²) in [6.45, 7) is 2.09. The number of carbonyl (C=O) groups excluding carboxylic acids is 1. The molecule has 3 aromatic rings. The Labute approximate surface area is 175 Å². The lowest BCUT2D eigenvalue weighted by Crippen LogP contribution is -2.43. The molecule has 1 amide bonds. The summed E-state index contributed by atoms with van der Waals surface area (Å²) in [4.78, 5) is 15.2. The van der Waals surface area contributed by atoms with Crippen LogP contribution in [-0.2, 0) is 6.42 Å². The van der Waals surface area contributed by atoms with E-state index in [9.17, 15) is 9.90 Å². The van der Waals surface area contributed by atoms with Crippen LogP contribution < -0.4 is 19.7 Å². The van der Waals surface area contributed by atoms with Crippen LogP contribution in [-0.4, -0.2) is 25.2 Å². The predicted octanol–water partition coefficient (Wildman–Crippen LogP) is 4.74. The van der Waals surface area contributed by atoms with Crippen LogP contribution in [0.4, 0.5) is 11.4 Å². The molecular formula is C24H24N2O4. The fourth-order valence-corrected chi connectivity index (χ4v) is 3.72. The van der Waals surface area contributed by atoms with Gasteiger partial charge < -0.3 is 19.9 Å². The summed E-state index contributed by atoms with van der Waals surface area (Å²) in [6, 6.07) is 18.8. The van der Waals surface area contributed by atoms with E-state index >= 15 is 0 Å². The zero-order valence-electron chi connectivity index (χ0n) is 17.2. The SMILES string of the molecule is CCc1ccc(N2C(=O)c3ccccc3N[C@H]2c2cc(OC)c(O)c(OC)c2)cc1. The van der Waals surface area contributed by atoms with Crippen molar-refractivity contribution in [2.24, 2.45) is 0 Å². The second-order valence-corrected chi connectivity index (χ2v) is 7.06. The number of amides is 1. The number of nitrogens with one attached hydrogen (secondary N) is 1. The zero-order chi connectivity index (χ0) is 21.3. The van der Waals surface area contributed by atoms with E-state index in [1.54, 1.807) is 17.0 Å². The van der Waals surface area contributed by atoms with Gasteiger partial charge in [-0.05, 0) is 48.4 Å². The van der Waals surface area contributed by atoms with Crippen LogP contribution in [0.15, 0.2) is 60.7 Å². The molecule has 0 fully saturated rings. The molecule has 4 rings (SSSR count). The van der Waals surface area contributed by atoms with Gasteiger partial charge in [0.1, 0.15) is 6.17 Å². The summed E-state index contributed by atoms with van der Waals surface area (Å²) >= 11 is 0. The van der Waals surface area contributed by atoms with Gasteiger partial charge in [0.2, 0.25) is 5.75 Å². The number of phenolic OH excluding ortho intramolecular Hbond substituents is 1. The summed E-state index contributed by atoms with van der Waals surface area (Å²) in [6.07, 6.45) is 0.411. The number of ether oxygens (including phenoxy) is 2. The van der Waals surface area contributed by atoms with Gasteiger partial charge in [0.15, 0.2) is 11.5 Å². The summed E-state index contributed by atoms with van der Waals surface area (Å²) in [5.41, 5.74) is 4.05. The molecule has 0 spiro atoms. The number of nitrogens with zero attached hydrogens (tertiary/aromatic N) is 1. The topological polar surface area (TPSA) is 71.0 Å². The number of phenols is 1. The van der Waals surface area contributed by atoms with Crippen LogP contribution in [0.2, 0.25) is 0 Å². The monoisotopic (exact) mass is 404 g/mol. The molecule has 1 aliphatic rings. The number of hydrogen-bond donors (Lipinski definition) is 2. The predicted molar refractivity (Wildman–Crippen MR) is 117 cm³/mol. The molecule has 1 heterocycles. The summed E-state index contributed by atoms with van der Waals surface area (Å²) in [7, 11) is 2.96. The number of benzene rings is 3. The molecule has 2 N–H and O–H groups in total. The minimum absolute atomic E-state index is 0.0786. The number of carbonyl (C=O) groups is 1. The van der Waals surface area contributed by atoms with Gasteiger partial charge in [-0.1, -0.05) is 31.2 Å². The highest BCUT2D eigenvalue weighted by Crippen LogP contribution is 2.43. The Balaban J connectivity index is 1.88. The minimum Gasteiger partial charge on any atom is -0.502 e. The molecule has 0 unspecified atom stereocenters. The minimum atomic E-state index is -0.511. The van der Waals surface area contributed by atoms with Gasteiger partial charge in [-0.15, -0.1) is 0 Å². The van der Waals surface area contributed by atoms with Crippen molar-refractivity contribution in [2.75, 3.05) is 24.4 Å². The molecule has 0 aliphatic carbocycles. The van der Waals surface area contributed by atoms with Crippen molar-refractivity contribution in [1.29, 1.82) is 0 Å². The van der Waals surface area contributed by atoms with Crippen LogP contribution >= 0.6 is 0 Å². The third-order valence-electron chi connectivity index (χ3n) is 5.37. The van der Waals surface area contributed by atoms with Crippen LogP contribution in [0.1, 0.15) is 34.6 Å². The first-order valence-corrected chi connectivity index (χ1v) is 9.80. The molecule has 30 heavy (non-hydrogen) atoms. The van der Waals surface area contributed by atoms with Crippen molar-refractivity contribution in [3.63, 3.8) is 0 Å². The quantitative estimate of drug-likeness (QED) is 0.643. The molecule has 0 saturated heterocycles. The third kappa shape index (κ3) is 3.30. The largest absolute Gasteiger partial charge is 0.502 e. The van der Waals surface area contributed by atoms with E-state index in [0.717, 1.165) is 23.4 Å². The molecule has 0 aromatic heterocycles. The molecular weight excluding hydrogens is 380 g/mol. The molecule has 6 heteroatoms. The second kappa shape index (κ2) is 7.99. The Kier molecular flexibility index (Phi) is 5.23. The van der Waals surface area contributed by atoms with E-state index in [4.69, 9.17) is 9.47 Å². The van der Waals surface area contributed by atoms with Crippen molar-refractivity contribution in [3.05, 3.63) is 77.4 Å². The first-order valence-electron chi connectivity index (χ1n) is 9.80. The third-order valence-corrected chi connectivity index (χ3v) is 5.37. The first kappa shape index (κ1) is 19.6. The van der Waals surface area contributed by atoms with E-state index < -0.39 is 6.17 Å². The first-order chi connectivity index (χ1) is 14.6. The Morgan fingerprint density at radius 1 is 1.00 bits per heavy atom. The number of aryl methyl sites for hydroxylation is 1. The maximum absolute atomic E-state index is 13.5. The maximum atomic E-state index is 13.5. The van der Waals surface area contributed by atoms with Gasteiger partial charge >= 0.3 is 0 Å². The normalized spacial score (nSPS) is 15.4. The van der Waals surface area contributed by atoms with Crippen LogP contribution in [0, 0.1) is 0 Å². The number of para-hydroxylation sites is 1. The number of anilines is 2. The Bertz CT molecular complexity index is 1050. The molecule has 1 aliphatic heterocycles. The number of methoxy groups -OCH3 is 2. The van der Waals surface area contributed by atoms with Crippen LogP contribution in [0.5, 0.6) is 17.2 Å². The highest BCUT2D eigenvalue weighted by molar-refractivity contribution is 6.12. The Hall–Kier alpha value is -3.67. The standard InChI is InChI=1S/C24H24N2O4/c1-4-15-9-11-17(12-10-15)26-23(25-19-8-6-5-7-18(19)24(26)28)16-13-20(29-2)22(27)21(14-16)30-3/h5-14,23,25,27H,4H2,1-3H3/t23-/m1/s1. The van der Waals surface area contributed by atoms with E-state index in [1.807, 2.05) is 48.5 Å². The number of rotatable bonds is 5. The van der Waals surface area contributed by atoms with Gasteiger partial charge in [0.25, 0.3) is 5.91 Å². The van der Waals surface area contributed by atoms with Crippen molar-refractivity contribution < 1.29 is 19.4 Å². The Morgan fingerprint density at radius 3 is 2.23 bits per heavy atom. The highest BCUT2D eigenvalue weighted by Gasteiger charge is 2.35. The van der Waals surface area contributed by atoms with Gasteiger partial charge in [0.05, 0.1) is 19.8 Å². The van der Waals surface area contributed by atoms with E-state index in [-0.39, 0.29) is 23.2 Å². The molecule has 1 atom stereocenters. The lowest BCUT2D eigenvalue weighted by molar-refractivity contribution is 0.0975. The lowest BCUT2D eigenvalue weighted by Gasteiger charge is -2.38. The maximum Gasteiger partial charge on any atom is 0.262 e. The second-order valence-electron chi connectivity index (χ2n) is 7.06. The number of aromatic hydroxyl groups is 1. The number of fused-ring (bicyclic) bond motifs is 1. The molecule has 0 saturated carbocycles. The highest BCUT2D eigenvalue weighted by atomic mass is 16.5. The van der Waals surface area contributed by atoms with E-state index in [2.05, 4.69) is 12.2 Å². The lowest BCUT2D eigenvalue weighted by atomic mass is 10.0. The van der Waals surface area contributed by atoms with Gasteiger partial charge in [0, 0.05) is 16.9 Å². The molecule has 3 aromatic carbocycles. The van der Waals surface area contributed by atoms with Crippen molar-refractivity contribution >= 4 is 17.3 Å². The van der Waals surface area contributed by atoms with Crippen molar-refractivity contribution in [1.82, 2.24) is 0 Å². The van der Waals surface area contributed by atoms with Crippen LogP contribution in [0.25, 0.3) is 0 Å². The van der Waals surface area contributed by atoms with Gasteiger partial charge in [-0.25, -0.2) is 0 Å². The van der Waals surface area contributed by atoms with E-state index in [0.29, 0.717) is 5.56 Å². The summed E-state index contributed by atoms with van der Waals surface area (Å²) in [5, 5.41) is 13.8. The zero-order valence-corrected chi connectivity index (χ0v) is 17.2. The van der Waals surface area contributed by atoms with Crippen molar-refractivity contribution in [2.45, 2.75) is 19.5 Å². The Morgan fingerprint density at radius 2 is 1.63 bits per heavy atom. The van der Waals surface area contributed by atoms with E-state index in [1.165, 1.54) is 19.8 Å². The fourth-order valence-electron chi connectivity index (χ4n) is 3.72. The molecule has 0 radical (unpaired) electrons. The molecule has 0 bridgehead atoms.